The second kappa shape index (κ2) is 47.7. The highest BCUT2D eigenvalue weighted by atomic mass is 16.7. The van der Waals surface area contributed by atoms with Crippen molar-refractivity contribution in [2.24, 2.45) is 17.3 Å². The lowest BCUT2D eigenvalue weighted by atomic mass is 9.81. The molecule has 2 saturated carbocycles. The summed E-state index contributed by atoms with van der Waals surface area (Å²) in [5.41, 5.74) is -0.265. The van der Waals surface area contributed by atoms with E-state index in [4.69, 9.17) is 37.9 Å². The van der Waals surface area contributed by atoms with E-state index >= 15 is 0 Å². The van der Waals surface area contributed by atoms with E-state index in [1.807, 2.05) is 13.8 Å². The number of ketones is 3. The quantitative estimate of drug-likeness (QED) is 0.0383. The summed E-state index contributed by atoms with van der Waals surface area (Å²) >= 11 is 0. The molecule has 95 heavy (non-hydrogen) atoms. The van der Waals surface area contributed by atoms with Crippen molar-refractivity contribution in [3.63, 3.8) is 0 Å². The van der Waals surface area contributed by atoms with Crippen LogP contribution < -0.4 is 5.32 Å². The van der Waals surface area contributed by atoms with Crippen LogP contribution in [0.25, 0.3) is 0 Å². The van der Waals surface area contributed by atoms with Gasteiger partial charge in [-0.05, 0) is 64.2 Å². The Bertz CT molecular complexity index is 1920. The number of amides is 1. The van der Waals surface area contributed by atoms with Crippen LogP contribution in [0, 0.1) is 17.3 Å². The van der Waals surface area contributed by atoms with Gasteiger partial charge >= 0.3 is 0 Å². The zero-order valence-electron chi connectivity index (χ0n) is 56.7. The maximum Gasteiger partial charge on any atom is 0.219 e. The van der Waals surface area contributed by atoms with Crippen LogP contribution in [-0.4, -0.2) is 278 Å². The highest BCUT2D eigenvalue weighted by Gasteiger charge is 2.52. The minimum absolute atomic E-state index is 0.0159. The van der Waals surface area contributed by atoms with Gasteiger partial charge in [0.1, 0.15) is 90.6 Å². The molecule has 2 aliphatic carbocycles. The number of aliphatic hydroxyl groups is 14. The summed E-state index contributed by atoms with van der Waals surface area (Å²) in [6.07, 6.45) is -3.08. The zero-order valence-corrected chi connectivity index (χ0v) is 56.7. The van der Waals surface area contributed by atoms with Crippen LogP contribution in [0.15, 0.2) is 0 Å². The van der Waals surface area contributed by atoms with Gasteiger partial charge in [0.15, 0.2) is 12.6 Å². The van der Waals surface area contributed by atoms with Gasteiger partial charge in [-0.15, -0.1) is 0 Å². The summed E-state index contributed by atoms with van der Waals surface area (Å²) in [4.78, 5) is 49.8. The number of carbonyl (C=O) groups excluding carboxylic acids is 4. The Hall–Kier alpha value is -2.40. The molecule has 0 aromatic carbocycles. The molecule has 0 bridgehead atoms. The molecule has 2 aliphatic heterocycles. The van der Waals surface area contributed by atoms with Gasteiger partial charge in [-0.25, -0.2) is 0 Å². The predicted octanol–water partition coefficient (Wildman–Crippen LogP) is 1.40. The van der Waals surface area contributed by atoms with Crippen molar-refractivity contribution in [2.45, 2.75) is 317 Å². The fraction of sp³-hybridized carbons (Fsp3) is 0.941. The second-order valence-electron chi connectivity index (χ2n) is 27.6. The topological polar surface area (TPSA) is 437 Å². The highest BCUT2D eigenvalue weighted by Crippen LogP contribution is 2.35. The first-order valence-electron chi connectivity index (χ1n) is 35.6. The van der Waals surface area contributed by atoms with E-state index in [2.05, 4.69) is 5.32 Å². The van der Waals surface area contributed by atoms with Gasteiger partial charge in [0, 0.05) is 95.2 Å². The van der Waals surface area contributed by atoms with Crippen LogP contribution in [0.4, 0.5) is 0 Å². The molecule has 2 heterocycles. The van der Waals surface area contributed by atoms with E-state index in [-0.39, 0.29) is 54.7 Å². The molecule has 2 saturated heterocycles. The van der Waals surface area contributed by atoms with Gasteiger partial charge < -0.3 is 115 Å². The van der Waals surface area contributed by atoms with Crippen LogP contribution in [0.3, 0.4) is 0 Å². The molecule has 20 unspecified atom stereocenters. The fourth-order valence-corrected chi connectivity index (χ4v) is 12.7. The molecule has 0 spiro atoms. The Kier molecular flexibility index (Phi) is 42.7. The molecule has 20 atom stereocenters. The maximum atomic E-state index is 12.5. The number of Topliss-reactive ketones (excluding diaryl/α,β-unsaturated/α-hetero) is 3. The van der Waals surface area contributed by atoms with E-state index in [1.54, 1.807) is 0 Å². The largest absolute Gasteiger partial charge is 0.396 e. The van der Waals surface area contributed by atoms with Gasteiger partial charge in [0.25, 0.3) is 0 Å². The van der Waals surface area contributed by atoms with Crippen molar-refractivity contribution in [2.75, 3.05) is 72.6 Å². The lowest BCUT2D eigenvalue weighted by Gasteiger charge is -2.46. The molecule has 0 aromatic heterocycles. The number of hydrogen-bond donors (Lipinski definition) is 15. The first-order chi connectivity index (χ1) is 45.6. The summed E-state index contributed by atoms with van der Waals surface area (Å²) in [7, 11) is 0. The van der Waals surface area contributed by atoms with E-state index in [0.29, 0.717) is 90.8 Å². The SMILES string of the molecule is CC(C)(COCCC(=O)CCCCCCCCC(=O)CCCCCCCOC1OC(CO)C(OC2CC(CO)C(O)C(O)C2O)C(O)C1O)COCCC(=O)CCCCCCCCC(=O)NCCCCCCOC1OC(CO)C(OC2CC(CO)C(O)C(O)C2O)C(O)C1O. The van der Waals surface area contributed by atoms with E-state index in [9.17, 15) is 90.7 Å². The summed E-state index contributed by atoms with van der Waals surface area (Å²) in [6, 6.07) is 0. The molecular weight excluding hydrogens is 1250 g/mol. The minimum atomic E-state index is -1.60. The number of carbonyl (C=O) groups is 4. The smallest absolute Gasteiger partial charge is 0.219 e. The van der Waals surface area contributed by atoms with Crippen molar-refractivity contribution >= 4 is 23.3 Å². The molecule has 0 radical (unpaired) electrons. The molecule has 4 fully saturated rings. The van der Waals surface area contributed by atoms with Crippen LogP contribution >= 0.6 is 0 Å². The number of rotatable bonds is 53. The molecule has 4 rings (SSSR count). The number of nitrogens with one attached hydrogen (secondary N) is 1. The summed E-state index contributed by atoms with van der Waals surface area (Å²) < 4.78 is 46.0. The Morgan fingerprint density at radius 2 is 0.716 bits per heavy atom. The average Bonchev–Trinajstić information content (AvgIpc) is 0.809. The first kappa shape index (κ1) is 85.0. The molecule has 1 amide bonds. The third-order valence-corrected chi connectivity index (χ3v) is 18.8. The Labute approximate surface area is 561 Å². The Morgan fingerprint density at radius 1 is 0.379 bits per heavy atom. The zero-order chi connectivity index (χ0) is 69.7. The Balaban J connectivity index is 0.854. The third kappa shape index (κ3) is 31.2. The molecule has 27 heteroatoms. The molecule has 15 N–H and O–H groups in total. The number of aliphatic hydroxyl groups excluding tert-OH is 14. The minimum Gasteiger partial charge on any atom is -0.396 e. The molecule has 556 valence electrons. The van der Waals surface area contributed by atoms with Crippen molar-refractivity contribution in [1.29, 1.82) is 0 Å². The van der Waals surface area contributed by atoms with E-state index in [1.165, 1.54) is 0 Å². The summed E-state index contributed by atoms with van der Waals surface area (Å²) in [5.74, 6) is -0.918. The number of hydrogen-bond acceptors (Lipinski definition) is 26. The monoisotopic (exact) mass is 1370 g/mol. The van der Waals surface area contributed by atoms with Crippen molar-refractivity contribution < 1.29 is 129 Å². The lowest BCUT2D eigenvalue weighted by molar-refractivity contribution is -0.320. The standard InChI is InChI=1S/C68H123NO26/c1-68(2,42-88-34-29-47(75)26-18-9-4-3-8-16-24-46(74)25-17-11-7-14-22-32-90-66-62(86)60(84)64(51(40-72)94-66)92-49-36-44(38-70)54(78)58(82)56(49)80)43-89-35-30-48(76)27-19-10-5-6-12-20-28-53(77)69-31-21-13-15-23-33-91-67-63(87)61(85)65(52(41-73)95-67)93-50-37-45(39-71)55(79)59(83)57(50)81/h44-45,49-52,54-67,70-73,78-87H,3-43H2,1-2H3,(H,69,77). The van der Waals surface area contributed by atoms with Gasteiger partial charge in [0.2, 0.25) is 5.91 Å². The van der Waals surface area contributed by atoms with Crippen LogP contribution in [0.2, 0.25) is 0 Å². The van der Waals surface area contributed by atoms with Crippen LogP contribution in [-0.2, 0) is 57.1 Å². The average molecular weight is 1370 g/mol. The van der Waals surface area contributed by atoms with Crippen LogP contribution in [0.5, 0.6) is 0 Å². The number of ether oxygens (including phenoxy) is 8. The normalized spacial score (nSPS) is 31.4. The first-order valence-corrected chi connectivity index (χ1v) is 35.6. The summed E-state index contributed by atoms with van der Waals surface area (Å²) in [5, 5.41) is 147. The van der Waals surface area contributed by atoms with Gasteiger partial charge in [0.05, 0.1) is 64.1 Å². The van der Waals surface area contributed by atoms with Gasteiger partial charge in [-0.3, -0.25) is 19.2 Å². The van der Waals surface area contributed by atoms with E-state index < -0.39 is 149 Å². The number of unbranched alkanes of at least 4 members (excludes halogenated alkanes) is 17. The highest BCUT2D eigenvalue weighted by molar-refractivity contribution is 5.79. The lowest BCUT2D eigenvalue weighted by Crippen LogP contribution is -2.63. The third-order valence-electron chi connectivity index (χ3n) is 18.8. The van der Waals surface area contributed by atoms with Crippen molar-refractivity contribution in [3.05, 3.63) is 0 Å². The van der Waals surface area contributed by atoms with Crippen molar-refractivity contribution in [3.8, 4) is 0 Å². The van der Waals surface area contributed by atoms with Crippen LogP contribution in [0.1, 0.15) is 206 Å². The molecule has 4 aliphatic rings. The van der Waals surface area contributed by atoms with Gasteiger partial charge in [-0.2, -0.15) is 0 Å². The Morgan fingerprint density at radius 3 is 1.08 bits per heavy atom. The van der Waals surface area contributed by atoms with Gasteiger partial charge in [-0.1, -0.05) is 97.3 Å². The molecule has 0 aromatic rings. The predicted molar refractivity (Wildman–Crippen MR) is 344 cm³/mol. The van der Waals surface area contributed by atoms with E-state index in [0.717, 1.165) is 122 Å². The summed E-state index contributed by atoms with van der Waals surface area (Å²) in [6.45, 7) is 4.53. The van der Waals surface area contributed by atoms with Crippen molar-refractivity contribution in [1.82, 2.24) is 5.32 Å². The second-order valence-corrected chi connectivity index (χ2v) is 27.6. The maximum absolute atomic E-state index is 12.5. The molecule has 27 nitrogen and oxygen atoms in total. The molecular formula is C68H123NO26. The fourth-order valence-electron chi connectivity index (χ4n) is 12.7.